The van der Waals surface area contributed by atoms with Crippen LogP contribution in [0.5, 0.6) is 0 Å². The molecule has 1 aliphatic heterocycles. The van der Waals surface area contributed by atoms with Crippen LogP contribution >= 0.6 is 0 Å². The van der Waals surface area contributed by atoms with E-state index in [1.165, 1.54) is 45.4 Å². The van der Waals surface area contributed by atoms with Crippen molar-refractivity contribution in [1.29, 1.82) is 0 Å². The van der Waals surface area contributed by atoms with Gasteiger partial charge in [0.1, 0.15) is 0 Å². The Labute approximate surface area is 95.2 Å². The predicted molar refractivity (Wildman–Crippen MR) is 67.1 cm³/mol. The zero-order chi connectivity index (χ0) is 11.1. The summed E-state index contributed by atoms with van der Waals surface area (Å²) < 4.78 is 0. The summed E-state index contributed by atoms with van der Waals surface area (Å²) in [5.41, 5.74) is 0. The molecule has 1 heterocycles. The van der Waals surface area contributed by atoms with Crippen LogP contribution in [0.15, 0.2) is 0 Å². The lowest BCUT2D eigenvalue weighted by molar-refractivity contribution is 0.414. The van der Waals surface area contributed by atoms with Crippen LogP contribution in [0.2, 0.25) is 0 Å². The molecule has 1 fully saturated rings. The number of rotatable bonds is 7. The minimum Gasteiger partial charge on any atom is -0.316 e. The van der Waals surface area contributed by atoms with Gasteiger partial charge < -0.3 is 10.6 Å². The standard InChI is InChI=1S/C13H28N2/c1-11(2)6-4-5-7-14-9-13-10-15-8-12(13)3/h11-15H,4-10H2,1-3H3/t12-,13-/m1/s1. The van der Waals surface area contributed by atoms with E-state index in [0.29, 0.717) is 0 Å². The second-order valence-corrected chi connectivity index (χ2v) is 5.49. The van der Waals surface area contributed by atoms with E-state index in [2.05, 4.69) is 31.4 Å². The van der Waals surface area contributed by atoms with Crippen LogP contribution in [0, 0.1) is 17.8 Å². The molecule has 90 valence electrons. The van der Waals surface area contributed by atoms with Crippen LogP contribution in [-0.2, 0) is 0 Å². The Morgan fingerprint density at radius 2 is 2.07 bits per heavy atom. The second kappa shape index (κ2) is 7.24. The molecule has 0 amide bonds. The van der Waals surface area contributed by atoms with E-state index in [1.54, 1.807) is 0 Å². The van der Waals surface area contributed by atoms with E-state index >= 15 is 0 Å². The van der Waals surface area contributed by atoms with Crippen molar-refractivity contribution in [3.63, 3.8) is 0 Å². The van der Waals surface area contributed by atoms with Crippen molar-refractivity contribution in [3.8, 4) is 0 Å². The lowest BCUT2D eigenvalue weighted by Gasteiger charge is -2.14. The van der Waals surface area contributed by atoms with Crippen molar-refractivity contribution in [2.45, 2.75) is 40.0 Å². The van der Waals surface area contributed by atoms with Crippen molar-refractivity contribution in [1.82, 2.24) is 10.6 Å². The van der Waals surface area contributed by atoms with Gasteiger partial charge in [-0.3, -0.25) is 0 Å². The van der Waals surface area contributed by atoms with Crippen LogP contribution in [-0.4, -0.2) is 26.2 Å². The van der Waals surface area contributed by atoms with Crippen LogP contribution in [0.1, 0.15) is 40.0 Å². The molecule has 2 N–H and O–H groups in total. The van der Waals surface area contributed by atoms with Gasteiger partial charge >= 0.3 is 0 Å². The van der Waals surface area contributed by atoms with Gasteiger partial charge in [0.15, 0.2) is 0 Å². The molecule has 0 aliphatic carbocycles. The van der Waals surface area contributed by atoms with Crippen molar-refractivity contribution < 1.29 is 0 Å². The largest absolute Gasteiger partial charge is 0.316 e. The minimum atomic E-state index is 0.855. The molecule has 0 radical (unpaired) electrons. The summed E-state index contributed by atoms with van der Waals surface area (Å²) in [7, 11) is 0. The third kappa shape index (κ3) is 5.53. The smallest absolute Gasteiger partial charge is 0.000523 e. The molecule has 1 saturated heterocycles. The molecule has 0 aromatic heterocycles. The number of hydrogen-bond acceptors (Lipinski definition) is 2. The van der Waals surface area contributed by atoms with Crippen molar-refractivity contribution >= 4 is 0 Å². The molecule has 2 atom stereocenters. The molecule has 0 unspecified atom stereocenters. The highest BCUT2D eigenvalue weighted by Crippen LogP contribution is 2.14. The average Bonchev–Trinajstić information content (AvgIpc) is 2.57. The monoisotopic (exact) mass is 212 g/mol. The fraction of sp³-hybridized carbons (Fsp3) is 1.00. The molecule has 0 aromatic rings. The molecular weight excluding hydrogens is 184 g/mol. The van der Waals surface area contributed by atoms with E-state index in [-0.39, 0.29) is 0 Å². The van der Waals surface area contributed by atoms with Crippen molar-refractivity contribution in [2.24, 2.45) is 17.8 Å². The molecule has 0 saturated carbocycles. The highest BCUT2D eigenvalue weighted by Gasteiger charge is 2.21. The number of hydrogen-bond donors (Lipinski definition) is 2. The Morgan fingerprint density at radius 3 is 2.67 bits per heavy atom. The van der Waals surface area contributed by atoms with E-state index in [9.17, 15) is 0 Å². The third-order valence-corrected chi connectivity index (χ3v) is 3.47. The summed E-state index contributed by atoms with van der Waals surface area (Å²) in [6, 6.07) is 0. The van der Waals surface area contributed by atoms with Crippen LogP contribution < -0.4 is 10.6 Å². The first-order valence-electron chi connectivity index (χ1n) is 6.61. The Kier molecular flexibility index (Phi) is 6.26. The van der Waals surface area contributed by atoms with Gasteiger partial charge in [0.05, 0.1) is 0 Å². The summed E-state index contributed by atoms with van der Waals surface area (Å²) >= 11 is 0. The Hall–Kier alpha value is -0.0800. The summed E-state index contributed by atoms with van der Waals surface area (Å²) in [4.78, 5) is 0. The molecule has 0 aromatic carbocycles. The summed E-state index contributed by atoms with van der Waals surface area (Å²) in [6.07, 6.45) is 4.10. The quantitative estimate of drug-likeness (QED) is 0.633. The summed E-state index contributed by atoms with van der Waals surface area (Å²) in [5.74, 6) is 2.58. The molecular formula is C13H28N2. The van der Waals surface area contributed by atoms with E-state index in [0.717, 1.165) is 17.8 Å². The predicted octanol–water partition coefficient (Wildman–Crippen LogP) is 2.26. The van der Waals surface area contributed by atoms with Gasteiger partial charge in [-0.2, -0.15) is 0 Å². The Balaban J connectivity index is 1.88. The average molecular weight is 212 g/mol. The van der Waals surface area contributed by atoms with Crippen molar-refractivity contribution in [2.75, 3.05) is 26.2 Å². The van der Waals surface area contributed by atoms with Gasteiger partial charge in [-0.15, -0.1) is 0 Å². The van der Waals surface area contributed by atoms with Gasteiger partial charge in [-0.1, -0.05) is 33.6 Å². The van der Waals surface area contributed by atoms with Crippen molar-refractivity contribution in [3.05, 3.63) is 0 Å². The maximum absolute atomic E-state index is 3.59. The molecule has 0 bridgehead atoms. The Morgan fingerprint density at radius 1 is 1.27 bits per heavy atom. The van der Waals surface area contributed by atoms with Gasteiger partial charge in [0.25, 0.3) is 0 Å². The molecule has 15 heavy (non-hydrogen) atoms. The molecule has 2 heteroatoms. The molecule has 1 rings (SSSR count). The first-order chi connectivity index (χ1) is 7.20. The highest BCUT2D eigenvalue weighted by atomic mass is 14.9. The van der Waals surface area contributed by atoms with Crippen LogP contribution in [0.4, 0.5) is 0 Å². The van der Waals surface area contributed by atoms with Gasteiger partial charge in [-0.05, 0) is 50.4 Å². The van der Waals surface area contributed by atoms with E-state index < -0.39 is 0 Å². The fourth-order valence-electron chi connectivity index (χ4n) is 2.23. The number of nitrogens with one attached hydrogen (secondary N) is 2. The minimum absolute atomic E-state index is 0.855. The first kappa shape index (κ1) is 13.0. The fourth-order valence-corrected chi connectivity index (χ4v) is 2.23. The van der Waals surface area contributed by atoms with Gasteiger partial charge in [0.2, 0.25) is 0 Å². The summed E-state index contributed by atoms with van der Waals surface area (Å²) in [6.45, 7) is 11.8. The Bertz CT molecular complexity index is 157. The topological polar surface area (TPSA) is 24.1 Å². The number of unbranched alkanes of at least 4 members (excludes halogenated alkanes) is 1. The second-order valence-electron chi connectivity index (χ2n) is 5.49. The normalized spacial score (nSPS) is 26.4. The van der Waals surface area contributed by atoms with Gasteiger partial charge in [0, 0.05) is 0 Å². The van der Waals surface area contributed by atoms with Crippen LogP contribution in [0.25, 0.3) is 0 Å². The molecule has 2 nitrogen and oxygen atoms in total. The van der Waals surface area contributed by atoms with E-state index in [1.807, 2.05) is 0 Å². The maximum atomic E-state index is 3.59. The lowest BCUT2D eigenvalue weighted by Crippen LogP contribution is -2.27. The highest BCUT2D eigenvalue weighted by molar-refractivity contribution is 4.79. The lowest BCUT2D eigenvalue weighted by atomic mass is 9.98. The SMILES string of the molecule is CC(C)CCCCNC[C@@H]1CNC[C@H]1C. The van der Waals surface area contributed by atoms with E-state index in [4.69, 9.17) is 0 Å². The van der Waals surface area contributed by atoms with Gasteiger partial charge in [-0.25, -0.2) is 0 Å². The molecule has 0 spiro atoms. The zero-order valence-electron chi connectivity index (χ0n) is 10.7. The third-order valence-electron chi connectivity index (χ3n) is 3.47. The van der Waals surface area contributed by atoms with Crippen LogP contribution in [0.3, 0.4) is 0 Å². The first-order valence-corrected chi connectivity index (χ1v) is 6.61. The molecule has 1 aliphatic rings. The zero-order valence-corrected chi connectivity index (χ0v) is 10.7. The summed E-state index contributed by atoms with van der Waals surface area (Å²) in [5, 5.41) is 7.04. The maximum Gasteiger partial charge on any atom is -0.000523 e.